The minimum atomic E-state index is -0.301. The van der Waals surface area contributed by atoms with Gasteiger partial charge in [-0.15, -0.1) is 0 Å². The van der Waals surface area contributed by atoms with E-state index >= 15 is 0 Å². The highest BCUT2D eigenvalue weighted by Gasteiger charge is 2.24. The van der Waals surface area contributed by atoms with Gasteiger partial charge in [-0.1, -0.05) is 0 Å². The third kappa shape index (κ3) is 2.18. The zero-order valence-corrected chi connectivity index (χ0v) is 12.2. The van der Waals surface area contributed by atoms with Crippen molar-refractivity contribution < 1.29 is 14.3 Å². The summed E-state index contributed by atoms with van der Waals surface area (Å²) in [6, 6.07) is 5.78. The number of amides is 1. The molecule has 22 heavy (non-hydrogen) atoms. The second kappa shape index (κ2) is 5.17. The van der Waals surface area contributed by atoms with Crippen molar-refractivity contribution in [1.29, 1.82) is 0 Å². The first-order valence-electron chi connectivity index (χ1n) is 7.50. The fourth-order valence-electron chi connectivity index (χ4n) is 2.93. The highest BCUT2D eigenvalue weighted by atomic mass is 16.6. The molecule has 3 heterocycles. The second-order valence-electron chi connectivity index (χ2n) is 5.78. The van der Waals surface area contributed by atoms with Crippen LogP contribution in [0.25, 0.3) is 11.0 Å². The van der Waals surface area contributed by atoms with Gasteiger partial charge in [0.2, 0.25) is 5.95 Å². The lowest BCUT2D eigenvalue weighted by Gasteiger charge is -2.27. The van der Waals surface area contributed by atoms with Crippen molar-refractivity contribution in [3.63, 3.8) is 0 Å². The lowest BCUT2D eigenvalue weighted by molar-refractivity contribution is -0.0386. The number of hydrogen-bond acceptors (Lipinski definition) is 5. The van der Waals surface area contributed by atoms with Crippen molar-refractivity contribution >= 4 is 28.8 Å². The molecule has 2 N–H and O–H groups in total. The number of imidazole rings is 1. The average molecular weight is 302 g/mol. The SMILES string of the molecule is Nc1nc2cc(N3CCCOC3=O)ccc2n1CC1COC1. The van der Waals surface area contributed by atoms with Gasteiger partial charge < -0.3 is 19.8 Å². The fourth-order valence-corrected chi connectivity index (χ4v) is 2.93. The van der Waals surface area contributed by atoms with Crippen LogP contribution in [0.4, 0.5) is 16.4 Å². The maximum atomic E-state index is 11.8. The molecule has 0 atom stereocenters. The zero-order chi connectivity index (χ0) is 15.1. The number of nitrogens with two attached hydrogens (primary N) is 1. The number of fused-ring (bicyclic) bond motifs is 1. The van der Waals surface area contributed by atoms with E-state index in [0.29, 0.717) is 25.0 Å². The Balaban J connectivity index is 1.67. The molecule has 0 radical (unpaired) electrons. The molecule has 2 fully saturated rings. The van der Waals surface area contributed by atoms with Crippen molar-refractivity contribution in [2.24, 2.45) is 5.92 Å². The van der Waals surface area contributed by atoms with Crippen LogP contribution >= 0.6 is 0 Å². The molecular weight excluding hydrogens is 284 g/mol. The topological polar surface area (TPSA) is 82.6 Å². The van der Waals surface area contributed by atoms with Crippen LogP contribution in [0.5, 0.6) is 0 Å². The lowest BCUT2D eigenvalue weighted by Crippen LogP contribution is -2.37. The highest BCUT2D eigenvalue weighted by molar-refractivity contribution is 5.92. The third-order valence-electron chi connectivity index (χ3n) is 4.19. The van der Waals surface area contributed by atoms with Crippen molar-refractivity contribution in [3.05, 3.63) is 18.2 Å². The summed E-state index contributed by atoms with van der Waals surface area (Å²) in [5.74, 6) is 0.997. The second-order valence-corrected chi connectivity index (χ2v) is 5.78. The van der Waals surface area contributed by atoms with E-state index < -0.39 is 0 Å². The van der Waals surface area contributed by atoms with Crippen molar-refractivity contribution in [3.8, 4) is 0 Å². The van der Waals surface area contributed by atoms with Crippen molar-refractivity contribution in [1.82, 2.24) is 9.55 Å². The van der Waals surface area contributed by atoms with Crippen LogP contribution in [0.15, 0.2) is 18.2 Å². The van der Waals surface area contributed by atoms with Crippen LogP contribution in [0.1, 0.15) is 6.42 Å². The first-order valence-corrected chi connectivity index (χ1v) is 7.50. The number of nitrogen functional groups attached to an aromatic ring is 1. The molecule has 2 saturated heterocycles. The largest absolute Gasteiger partial charge is 0.449 e. The molecule has 0 spiro atoms. The summed E-state index contributed by atoms with van der Waals surface area (Å²) >= 11 is 0. The number of carbonyl (C=O) groups excluding carboxylic acids is 1. The average Bonchev–Trinajstić information content (AvgIpc) is 2.78. The van der Waals surface area contributed by atoms with Gasteiger partial charge in [0.1, 0.15) is 0 Å². The predicted molar refractivity (Wildman–Crippen MR) is 81.8 cm³/mol. The summed E-state index contributed by atoms with van der Waals surface area (Å²) in [4.78, 5) is 17.9. The summed E-state index contributed by atoms with van der Waals surface area (Å²) in [5.41, 5.74) is 8.63. The van der Waals surface area contributed by atoms with Gasteiger partial charge in [-0.2, -0.15) is 0 Å². The zero-order valence-electron chi connectivity index (χ0n) is 12.2. The molecule has 0 saturated carbocycles. The van der Waals surface area contributed by atoms with Gasteiger partial charge >= 0.3 is 6.09 Å². The number of ether oxygens (including phenoxy) is 2. The Morgan fingerprint density at radius 3 is 2.95 bits per heavy atom. The van der Waals surface area contributed by atoms with Crippen LogP contribution in [-0.4, -0.2) is 42.0 Å². The molecule has 2 aliphatic rings. The number of cyclic esters (lactones) is 1. The fraction of sp³-hybridized carbons (Fsp3) is 0.467. The Morgan fingerprint density at radius 2 is 2.23 bits per heavy atom. The molecule has 0 unspecified atom stereocenters. The highest BCUT2D eigenvalue weighted by Crippen LogP contribution is 2.27. The van der Waals surface area contributed by atoms with E-state index in [9.17, 15) is 4.79 Å². The van der Waals surface area contributed by atoms with Gasteiger partial charge in [0.25, 0.3) is 0 Å². The summed E-state index contributed by atoms with van der Waals surface area (Å²) in [7, 11) is 0. The number of carbonyl (C=O) groups is 1. The van der Waals surface area contributed by atoms with Crippen molar-refractivity contribution in [2.75, 3.05) is 37.0 Å². The van der Waals surface area contributed by atoms with Gasteiger partial charge in [0.15, 0.2) is 0 Å². The van der Waals surface area contributed by atoms with Crippen LogP contribution in [0, 0.1) is 5.92 Å². The molecular formula is C15H18N4O3. The van der Waals surface area contributed by atoms with Gasteiger partial charge in [-0.05, 0) is 24.6 Å². The molecule has 4 rings (SSSR count). The van der Waals surface area contributed by atoms with E-state index in [4.69, 9.17) is 15.2 Å². The maximum Gasteiger partial charge on any atom is 0.414 e. The number of nitrogens with zero attached hydrogens (tertiary/aromatic N) is 3. The molecule has 7 nitrogen and oxygen atoms in total. The van der Waals surface area contributed by atoms with E-state index in [1.807, 2.05) is 22.8 Å². The molecule has 0 bridgehead atoms. The Morgan fingerprint density at radius 1 is 1.36 bits per heavy atom. The van der Waals surface area contributed by atoms with Gasteiger partial charge in [0.05, 0.1) is 30.9 Å². The first kappa shape index (κ1) is 13.4. The summed E-state index contributed by atoms with van der Waals surface area (Å²) in [6.07, 6.45) is 0.534. The molecule has 2 aromatic rings. The Hall–Kier alpha value is -2.28. The minimum Gasteiger partial charge on any atom is -0.449 e. The lowest BCUT2D eigenvalue weighted by atomic mass is 10.1. The molecule has 116 valence electrons. The predicted octanol–water partition coefficient (Wildman–Crippen LogP) is 1.61. The van der Waals surface area contributed by atoms with Gasteiger partial charge in [0, 0.05) is 24.7 Å². The van der Waals surface area contributed by atoms with E-state index in [-0.39, 0.29) is 6.09 Å². The minimum absolute atomic E-state index is 0.301. The van der Waals surface area contributed by atoms with E-state index in [0.717, 1.165) is 42.9 Å². The van der Waals surface area contributed by atoms with Crippen LogP contribution in [0.3, 0.4) is 0 Å². The summed E-state index contributed by atoms with van der Waals surface area (Å²) < 4.78 is 12.3. The number of hydrogen-bond donors (Lipinski definition) is 1. The van der Waals surface area contributed by atoms with E-state index in [1.54, 1.807) is 4.90 Å². The molecule has 1 aromatic carbocycles. The first-order chi connectivity index (χ1) is 10.7. The van der Waals surface area contributed by atoms with Crippen LogP contribution in [0.2, 0.25) is 0 Å². The van der Waals surface area contributed by atoms with Gasteiger partial charge in [-0.3, -0.25) is 4.90 Å². The standard InChI is InChI=1S/C15H18N4O3/c16-14-17-12-6-11(18-4-1-5-22-15(18)20)2-3-13(12)19(14)7-10-8-21-9-10/h2-3,6,10H,1,4-5,7-9H2,(H2,16,17). The van der Waals surface area contributed by atoms with Crippen LogP contribution in [-0.2, 0) is 16.0 Å². The number of aromatic nitrogens is 2. The molecule has 0 aliphatic carbocycles. The maximum absolute atomic E-state index is 11.8. The van der Waals surface area contributed by atoms with Gasteiger partial charge in [-0.25, -0.2) is 9.78 Å². The number of benzene rings is 1. The molecule has 2 aliphatic heterocycles. The normalized spacial score (nSPS) is 19.3. The Bertz CT molecular complexity index is 723. The number of anilines is 2. The van der Waals surface area contributed by atoms with Crippen LogP contribution < -0.4 is 10.6 Å². The summed E-state index contributed by atoms with van der Waals surface area (Å²) in [5, 5.41) is 0. The monoisotopic (exact) mass is 302 g/mol. The van der Waals surface area contributed by atoms with E-state index in [1.165, 1.54) is 0 Å². The molecule has 1 aromatic heterocycles. The Kier molecular flexibility index (Phi) is 3.15. The van der Waals surface area contributed by atoms with E-state index in [2.05, 4.69) is 4.98 Å². The number of rotatable bonds is 3. The molecule has 1 amide bonds. The summed E-state index contributed by atoms with van der Waals surface area (Å²) in [6.45, 7) is 3.52. The Labute approximate surface area is 127 Å². The quantitative estimate of drug-likeness (QED) is 0.931. The van der Waals surface area contributed by atoms with Crippen molar-refractivity contribution in [2.45, 2.75) is 13.0 Å². The third-order valence-corrected chi connectivity index (χ3v) is 4.19. The molecule has 7 heteroatoms. The smallest absolute Gasteiger partial charge is 0.414 e.